The van der Waals surface area contributed by atoms with E-state index in [0.717, 1.165) is 0 Å². The van der Waals surface area contributed by atoms with E-state index in [2.05, 4.69) is 4.98 Å². The summed E-state index contributed by atoms with van der Waals surface area (Å²) in [5.41, 5.74) is 0.499. The van der Waals surface area contributed by atoms with E-state index < -0.39 is 0 Å². The molecule has 0 aliphatic heterocycles. The van der Waals surface area contributed by atoms with Crippen molar-refractivity contribution in [3.8, 4) is 0 Å². The fourth-order valence-corrected chi connectivity index (χ4v) is 1.04. The first-order valence-electron chi connectivity index (χ1n) is 3.94. The van der Waals surface area contributed by atoms with Crippen LogP contribution in [0.2, 0.25) is 0 Å². The fourth-order valence-electron chi connectivity index (χ4n) is 1.04. The van der Waals surface area contributed by atoms with Gasteiger partial charge in [0, 0.05) is 21.0 Å². The Morgan fingerprint density at radius 3 is 2.62 bits per heavy atom. The fraction of sp³-hybridized carbons (Fsp3) is 0.500. The van der Waals surface area contributed by atoms with E-state index in [0.29, 0.717) is 11.5 Å². The zero-order valence-corrected chi connectivity index (χ0v) is 7.98. The molecule has 0 radical (unpaired) electrons. The number of nitrogens with zero attached hydrogens (tertiary/aromatic N) is 3. The Morgan fingerprint density at radius 2 is 2.31 bits per heavy atom. The molecule has 5 heteroatoms. The second-order valence-corrected chi connectivity index (χ2v) is 2.96. The highest BCUT2D eigenvalue weighted by Gasteiger charge is 2.12. The van der Waals surface area contributed by atoms with Crippen LogP contribution in [0.3, 0.4) is 0 Å². The minimum atomic E-state index is -0.152. The number of ketones is 1. The van der Waals surface area contributed by atoms with Gasteiger partial charge in [-0.1, -0.05) is 0 Å². The molecule has 5 nitrogen and oxygen atoms in total. The van der Waals surface area contributed by atoms with Crippen LogP contribution in [0.5, 0.6) is 0 Å². The molecule has 0 aliphatic rings. The van der Waals surface area contributed by atoms with Crippen LogP contribution >= 0.6 is 0 Å². The first kappa shape index (κ1) is 9.73. The van der Waals surface area contributed by atoms with E-state index in [9.17, 15) is 4.79 Å². The molecule has 0 aromatic carbocycles. The molecule has 1 aromatic rings. The number of carbonyl (C=O) groups excluding carboxylic acids is 1. The van der Waals surface area contributed by atoms with Crippen molar-refractivity contribution in [2.75, 3.05) is 19.1 Å². The van der Waals surface area contributed by atoms with Crippen LogP contribution in [0, 0.1) is 0 Å². The molecule has 0 saturated carbocycles. The highest BCUT2D eigenvalue weighted by molar-refractivity contribution is 5.90. The summed E-state index contributed by atoms with van der Waals surface area (Å²) in [6, 6.07) is 0. The van der Waals surface area contributed by atoms with Gasteiger partial charge in [0.15, 0.2) is 11.6 Å². The van der Waals surface area contributed by atoms with E-state index in [4.69, 9.17) is 5.11 Å². The van der Waals surface area contributed by atoms with Crippen molar-refractivity contribution >= 4 is 5.78 Å². The summed E-state index contributed by atoms with van der Waals surface area (Å²) in [5.74, 6) is 0.224. The molecule has 0 aliphatic carbocycles. The normalized spacial score (nSPS) is 10.2. The van der Waals surface area contributed by atoms with Gasteiger partial charge in [0.1, 0.15) is 0 Å². The summed E-state index contributed by atoms with van der Waals surface area (Å²) in [7, 11) is 3.60. The largest absolute Gasteiger partial charge is 0.390 e. The highest BCUT2D eigenvalue weighted by Crippen LogP contribution is 2.03. The number of aromatic nitrogens is 2. The van der Waals surface area contributed by atoms with Gasteiger partial charge in [-0.2, -0.15) is 0 Å². The molecule has 0 spiro atoms. The quantitative estimate of drug-likeness (QED) is 0.658. The number of hydrogen-bond acceptors (Lipinski definition) is 4. The SMILES string of the molecule is CC(=O)c1nc(CO)cn1N(C)C. The Bertz CT molecular complexity index is 317. The van der Waals surface area contributed by atoms with Crippen LogP contribution in [-0.2, 0) is 6.61 Å². The van der Waals surface area contributed by atoms with Gasteiger partial charge in [-0.3, -0.25) is 4.79 Å². The third kappa shape index (κ3) is 1.86. The van der Waals surface area contributed by atoms with E-state index >= 15 is 0 Å². The molecular weight excluding hydrogens is 170 g/mol. The molecule has 13 heavy (non-hydrogen) atoms. The number of Topliss-reactive ketones (excluding diaryl/α,β-unsaturated/α-hetero) is 1. The summed E-state index contributed by atoms with van der Waals surface area (Å²) >= 11 is 0. The summed E-state index contributed by atoms with van der Waals surface area (Å²) in [6.45, 7) is 1.30. The highest BCUT2D eigenvalue weighted by atomic mass is 16.3. The monoisotopic (exact) mass is 183 g/mol. The molecule has 1 N–H and O–H groups in total. The molecule has 0 fully saturated rings. The van der Waals surface area contributed by atoms with Crippen molar-refractivity contribution < 1.29 is 9.90 Å². The van der Waals surface area contributed by atoms with E-state index in [-0.39, 0.29) is 12.4 Å². The van der Waals surface area contributed by atoms with Crippen molar-refractivity contribution in [1.82, 2.24) is 9.66 Å². The lowest BCUT2D eigenvalue weighted by Gasteiger charge is -2.14. The third-order valence-electron chi connectivity index (χ3n) is 1.65. The summed E-state index contributed by atoms with van der Waals surface area (Å²) < 4.78 is 1.61. The number of aliphatic hydroxyl groups is 1. The zero-order chi connectivity index (χ0) is 10.0. The topological polar surface area (TPSA) is 58.4 Å². The standard InChI is InChI=1S/C8H13N3O2/c1-6(13)8-9-7(5-12)4-11(8)10(2)3/h4,12H,5H2,1-3H3. The van der Waals surface area contributed by atoms with E-state index in [1.165, 1.54) is 6.92 Å². The van der Waals surface area contributed by atoms with Crippen molar-refractivity contribution in [2.24, 2.45) is 0 Å². The molecule has 0 atom stereocenters. The summed E-state index contributed by atoms with van der Waals surface area (Å²) in [5, 5.41) is 10.6. The Balaban J connectivity index is 3.15. The van der Waals surface area contributed by atoms with Gasteiger partial charge in [-0.25, -0.2) is 9.66 Å². The molecule has 1 heterocycles. The lowest BCUT2D eigenvalue weighted by Crippen LogP contribution is -2.27. The predicted molar refractivity (Wildman–Crippen MR) is 48.2 cm³/mol. The van der Waals surface area contributed by atoms with Gasteiger partial charge < -0.3 is 10.1 Å². The van der Waals surface area contributed by atoms with Crippen molar-refractivity contribution in [1.29, 1.82) is 0 Å². The van der Waals surface area contributed by atoms with Crippen LogP contribution in [0.1, 0.15) is 23.2 Å². The zero-order valence-electron chi connectivity index (χ0n) is 7.98. The van der Waals surface area contributed by atoms with Crippen LogP contribution in [0.15, 0.2) is 6.20 Å². The number of rotatable bonds is 3. The maximum Gasteiger partial charge on any atom is 0.196 e. The van der Waals surface area contributed by atoms with Crippen molar-refractivity contribution in [2.45, 2.75) is 13.5 Å². The molecule has 72 valence electrons. The molecule has 0 amide bonds. The van der Waals surface area contributed by atoms with Gasteiger partial charge in [0.25, 0.3) is 0 Å². The van der Waals surface area contributed by atoms with Gasteiger partial charge >= 0.3 is 0 Å². The number of hydrogen-bond donors (Lipinski definition) is 1. The smallest absolute Gasteiger partial charge is 0.196 e. The van der Waals surface area contributed by atoms with Gasteiger partial charge in [0.05, 0.1) is 18.5 Å². The van der Waals surface area contributed by atoms with Crippen LogP contribution < -0.4 is 5.01 Å². The average molecular weight is 183 g/mol. The van der Waals surface area contributed by atoms with Crippen LogP contribution in [0.4, 0.5) is 0 Å². The Hall–Kier alpha value is -1.36. The lowest BCUT2D eigenvalue weighted by atomic mass is 10.4. The maximum absolute atomic E-state index is 11.1. The van der Waals surface area contributed by atoms with Gasteiger partial charge in [-0.05, 0) is 0 Å². The van der Waals surface area contributed by atoms with E-state index in [1.54, 1.807) is 30.0 Å². The van der Waals surface area contributed by atoms with Crippen LogP contribution in [0.25, 0.3) is 0 Å². The molecule has 1 rings (SSSR count). The number of imidazole rings is 1. The Kier molecular flexibility index (Phi) is 2.67. The maximum atomic E-state index is 11.1. The first-order valence-corrected chi connectivity index (χ1v) is 3.94. The van der Waals surface area contributed by atoms with Crippen molar-refractivity contribution in [3.63, 3.8) is 0 Å². The van der Waals surface area contributed by atoms with Crippen LogP contribution in [-0.4, -0.2) is 34.6 Å². The molecule has 0 saturated heterocycles. The second kappa shape index (κ2) is 3.57. The lowest BCUT2D eigenvalue weighted by molar-refractivity contribution is 0.0999. The Labute approximate surface area is 76.6 Å². The molecular formula is C8H13N3O2. The molecule has 0 unspecified atom stereocenters. The molecule has 1 aromatic heterocycles. The predicted octanol–water partition coefficient (Wildman–Crippen LogP) is -0.224. The minimum Gasteiger partial charge on any atom is -0.390 e. The first-order chi connectivity index (χ1) is 6.06. The minimum absolute atomic E-state index is 0.117. The summed E-state index contributed by atoms with van der Waals surface area (Å²) in [4.78, 5) is 15.1. The van der Waals surface area contributed by atoms with E-state index in [1.807, 2.05) is 0 Å². The third-order valence-corrected chi connectivity index (χ3v) is 1.65. The van der Waals surface area contributed by atoms with Crippen molar-refractivity contribution in [3.05, 3.63) is 17.7 Å². The number of carbonyl (C=O) groups is 1. The molecule has 0 bridgehead atoms. The van der Waals surface area contributed by atoms with Gasteiger partial charge in [-0.15, -0.1) is 0 Å². The summed E-state index contributed by atoms with van der Waals surface area (Å²) in [6.07, 6.45) is 1.64. The van der Waals surface area contributed by atoms with Gasteiger partial charge in [0.2, 0.25) is 0 Å². The second-order valence-electron chi connectivity index (χ2n) is 2.96. The Morgan fingerprint density at radius 1 is 1.69 bits per heavy atom. The average Bonchev–Trinajstić information content (AvgIpc) is 2.47. The number of aliphatic hydroxyl groups excluding tert-OH is 1.